The number of aromatic amines is 1. The molecule has 6 heteroatoms. The van der Waals surface area contributed by atoms with Crippen LogP contribution in [-0.2, 0) is 0 Å². The third-order valence-electron chi connectivity index (χ3n) is 1.57. The van der Waals surface area contributed by atoms with E-state index in [1.807, 2.05) is 0 Å². The molecule has 1 N–H and O–H groups in total. The summed E-state index contributed by atoms with van der Waals surface area (Å²) in [6.45, 7) is 3.40. The van der Waals surface area contributed by atoms with Gasteiger partial charge >= 0.3 is 5.69 Å². The minimum atomic E-state index is -0.250. The number of fused-ring (bicyclic) bond motifs is 1. The number of aromatic nitrogens is 5. The van der Waals surface area contributed by atoms with E-state index in [4.69, 9.17) is 0 Å². The molecule has 0 atom stereocenters. The lowest BCUT2D eigenvalue weighted by molar-refractivity contribution is 0.878. The third kappa shape index (κ3) is 0.810. The lowest BCUT2D eigenvalue weighted by Gasteiger charge is -1.93. The summed E-state index contributed by atoms with van der Waals surface area (Å²) in [5.41, 5.74) is -0.250. The van der Waals surface area contributed by atoms with Gasteiger partial charge in [0.25, 0.3) is 5.78 Å². The molecule has 0 saturated heterocycles. The molecule has 62 valence electrons. The van der Waals surface area contributed by atoms with E-state index in [1.165, 1.54) is 4.40 Å². The second-order valence-electron chi connectivity index (χ2n) is 2.51. The molecule has 0 aliphatic rings. The molecule has 2 aromatic heterocycles. The van der Waals surface area contributed by atoms with E-state index in [0.29, 0.717) is 17.4 Å². The summed E-state index contributed by atoms with van der Waals surface area (Å²) in [7, 11) is 0. The zero-order chi connectivity index (χ0) is 8.72. The number of nitrogens with zero attached hydrogens (tertiary/aromatic N) is 4. The lowest BCUT2D eigenvalue weighted by atomic mass is 10.6. The van der Waals surface area contributed by atoms with Crippen LogP contribution < -0.4 is 5.69 Å². The van der Waals surface area contributed by atoms with Gasteiger partial charge in [0.2, 0.25) is 0 Å². The van der Waals surface area contributed by atoms with E-state index in [0.717, 1.165) is 0 Å². The van der Waals surface area contributed by atoms with Crippen LogP contribution in [0.5, 0.6) is 0 Å². The summed E-state index contributed by atoms with van der Waals surface area (Å²) in [5.74, 6) is 1.42. The van der Waals surface area contributed by atoms with Crippen molar-refractivity contribution in [2.75, 3.05) is 0 Å². The molecule has 2 rings (SSSR count). The second kappa shape index (κ2) is 2.13. The predicted octanol–water partition coefficient (Wildman–Crippen LogP) is -0.571. The van der Waals surface area contributed by atoms with Gasteiger partial charge in [-0.2, -0.15) is 4.98 Å². The largest absolute Gasteiger partial charge is 0.335 e. The highest BCUT2D eigenvalue weighted by molar-refractivity contribution is 5.25. The monoisotopic (exact) mass is 165 g/mol. The van der Waals surface area contributed by atoms with Crippen LogP contribution in [-0.4, -0.2) is 24.6 Å². The first-order valence-electron chi connectivity index (χ1n) is 3.47. The molecule has 0 aliphatic carbocycles. The summed E-state index contributed by atoms with van der Waals surface area (Å²) >= 11 is 0. The summed E-state index contributed by atoms with van der Waals surface area (Å²) in [5, 5.41) is 7.45. The molecule has 0 aliphatic heterocycles. The average molecular weight is 165 g/mol. The van der Waals surface area contributed by atoms with Gasteiger partial charge in [0.1, 0.15) is 11.6 Å². The van der Waals surface area contributed by atoms with Gasteiger partial charge in [-0.3, -0.25) is 4.98 Å². The lowest BCUT2D eigenvalue weighted by Crippen LogP contribution is -2.19. The molecule has 6 nitrogen and oxygen atoms in total. The Morgan fingerprint density at radius 2 is 2.08 bits per heavy atom. The van der Waals surface area contributed by atoms with Gasteiger partial charge in [-0.05, 0) is 13.8 Å². The maximum absolute atomic E-state index is 11.3. The van der Waals surface area contributed by atoms with Crippen LogP contribution in [0.4, 0.5) is 0 Å². The van der Waals surface area contributed by atoms with Crippen molar-refractivity contribution in [3.05, 3.63) is 22.1 Å². The Labute approximate surface area is 67.3 Å². The van der Waals surface area contributed by atoms with E-state index >= 15 is 0 Å². The molecule has 0 fully saturated rings. The van der Waals surface area contributed by atoms with E-state index in [1.54, 1.807) is 13.8 Å². The van der Waals surface area contributed by atoms with Crippen molar-refractivity contribution < 1.29 is 0 Å². The topological polar surface area (TPSA) is 75.9 Å². The minimum Gasteiger partial charge on any atom is -0.295 e. The van der Waals surface area contributed by atoms with Crippen molar-refractivity contribution in [2.45, 2.75) is 13.8 Å². The second-order valence-corrected chi connectivity index (χ2v) is 2.51. The number of nitrogens with one attached hydrogen (secondary N) is 1. The first kappa shape index (κ1) is 6.96. The fourth-order valence-corrected chi connectivity index (χ4v) is 1.05. The van der Waals surface area contributed by atoms with Crippen LogP contribution in [0.3, 0.4) is 0 Å². The first-order valence-corrected chi connectivity index (χ1v) is 3.47. The average Bonchev–Trinajstić information content (AvgIpc) is 2.31. The molecule has 0 spiro atoms. The van der Waals surface area contributed by atoms with Crippen LogP contribution in [0.25, 0.3) is 5.78 Å². The molecule has 0 aromatic carbocycles. The Hall–Kier alpha value is -1.72. The summed E-state index contributed by atoms with van der Waals surface area (Å²) in [6, 6.07) is 0. The normalized spacial score (nSPS) is 10.8. The smallest absolute Gasteiger partial charge is 0.295 e. The van der Waals surface area contributed by atoms with Crippen LogP contribution in [0.1, 0.15) is 11.6 Å². The van der Waals surface area contributed by atoms with E-state index < -0.39 is 0 Å². The third-order valence-corrected chi connectivity index (χ3v) is 1.57. The van der Waals surface area contributed by atoms with Crippen molar-refractivity contribution in [3.8, 4) is 0 Å². The van der Waals surface area contributed by atoms with Crippen LogP contribution in [0.15, 0.2) is 4.79 Å². The van der Waals surface area contributed by atoms with Gasteiger partial charge in [-0.25, -0.2) is 9.20 Å². The van der Waals surface area contributed by atoms with Crippen molar-refractivity contribution >= 4 is 5.78 Å². The first-order chi connectivity index (χ1) is 5.68. The molecule has 0 unspecified atom stereocenters. The van der Waals surface area contributed by atoms with Crippen molar-refractivity contribution in [1.82, 2.24) is 24.6 Å². The quantitative estimate of drug-likeness (QED) is 0.567. The zero-order valence-electron chi connectivity index (χ0n) is 6.70. The maximum atomic E-state index is 11.3. The molecule has 0 bridgehead atoms. The number of rotatable bonds is 0. The predicted molar refractivity (Wildman–Crippen MR) is 40.9 cm³/mol. The van der Waals surface area contributed by atoms with Gasteiger partial charge in [0.15, 0.2) is 0 Å². The van der Waals surface area contributed by atoms with Crippen molar-refractivity contribution in [2.24, 2.45) is 0 Å². The van der Waals surface area contributed by atoms with Gasteiger partial charge in [-0.1, -0.05) is 0 Å². The maximum Gasteiger partial charge on any atom is 0.335 e. The molecule has 2 aromatic rings. The standard InChI is InChI=1S/C6H7N5O/c1-3-7-5-10-9-4(2)11(5)6(12)8-3/h1-2H3,(H,7,8,10,12). The Balaban J connectivity index is 3.03. The highest BCUT2D eigenvalue weighted by Gasteiger charge is 2.04. The molecule has 0 radical (unpaired) electrons. The molecular formula is C6H7N5O. The van der Waals surface area contributed by atoms with Gasteiger partial charge in [0, 0.05) is 0 Å². The number of hydrogen-bond acceptors (Lipinski definition) is 4. The fraction of sp³-hybridized carbons (Fsp3) is 0.333. The van der Waals surface area contributed by atoms with Gasteiger partial charge in [0.05, 0.1) is 0 Å². The molecule has 0 amide bonds. The van der Waals surface area contributed by atoms with Crippen molar-refractivity contribution in [1.29, 1.82) is 0 Å². The molecule has 0 saturated carbocycles. The highest BCUT2D eigenvalue weighted by Crippen LogP contribution is 1.93. The fourth-order valence-electron chi connectivity index (χ4n) is 1.05. The zero-order valence-corrected chi connectivity index (χ0v) is 6.70. The summed E-state index contributed by atoms with van der Waals surface area (Å²) < 4.78 is 1.33. The summed E-state index contributed by atoms with van der Waals surface area (Å²) in [6.07, 6.45) is 0. The number of hydrogen-bond donors (Lipinski definition) is 1. The van der Waals surface area contributed by atoms with Crippen LogP contribution in [0.2, 0.25) is 0 Å². The van der Waals surface area contributed by atoms with Gasteiger partial charge < -0.3 is 0 Å². The van der Waals surface area contributed by atoms with E-state index in [9.17, 15) is 4.79 Å². The SMILES string of the molecule is Cc1nc2nnc(C)n2c(=O)[nH]1. The molecule has 2 heterocycles. The van der Waals surface area contributed by atoms with E-state index in [-0.39, 0.29) is 5.69 Å². The Morgan fingerprint density at radius 3 is 2.83 bits per heavy atom. The number of H-pyrrole nitrogens is 1. The van der Waals surface area contributed by atoms with Crippen LogP contribution >= 0.6 is 0 Å². The Bertz CT molecular complexity index is 482. The van der Waals surface area contributed by atoms with Crippen LogP contribution in [0, 0.1) is 13.8 Å². The molecule has 12 heavy (non-hydrogen) atoms. The summed E-state index contributed by atoms with van der Waals surface area (Å²) in [4.78, 5) is 17.8. The Kier molecular flexibility index (Phi) is 1.24. The minimum absolute atomic E-state index is 0.250. The molecular weight excluding hydrogens is 158 g/mol. The van der Waals surface area contributed by atoms with Crippen molar-refractivity contribution in [3.63, 3.8) is 0 Å². The Morgan fingerprint density at radius 1 is 1.33 bits per heavy atom. The number of aryl methyl sites for hydroxylation is 2. The van der Waals surface area contributed by atoms with Gasteiger partial charge in [-0.15, -0.1) is 10.2 Å². The highest BCUT2D eigenvalue weighted by atomic mass is 16.1. The van der Waals surface area contributed by atoms with E-state index in [2.05, 4.69) is 20.2 Å².